The standard InChI is InChI=1S/C16H18ClN3O2S/c17-14-10-18-6-5-15(14)22-12-3-1-7-20(11-12)16(21)19-9-13-4-2-8-23-13/h2,4-6,8,10,12H,1,3,7,9,11H2,(H,19,21). The van der Waals surface area contributed by atoms with Gasteiger partial charge in [0.15, 0.2) is 0 Å². The highest BCUT2D eigenvalue weighted by Gasteiger charge is 2.25. The minimum absolute atomic E-state index is 0.0452. The molecule has 3 heterocycles. The van der Waals surface area contributed by atoms with Crippen LogP contribution in [0.1, 0.15) is 17.7 Å². The maximum atomic E-state index is 12.3. The summed E-state index contributed by atoms with van der Waals surface area (Å²) < 4.78 is 5.93. The summed E-state index contributed by atoms with van der Waals surface area (Å²) in [7, 11) is 0. The molecule has 3 rings (SSSR count). The van der Waals surface area contributed by atoms with Crippen LogP contribution in [0.2, 0.25) is 5.02 Å². The topological polar surface area (TPSA) is 54.5 Å². The van der Waals surface area contributed by atoms with Gasteiger partial charge < -0.3 is 15.0 Å². The van der Waals surface area contributed by atoms with Crippen molar-refractivity contribution >= 4 is 29.0 Å². The maximum absolute atomic E-state index is 12.3. The molecule has 0 aliphatic carbocycles. The number of nitrogens with zero attached hydrogens (tertiary/aromatic N) is 2. The van der Waals surface area contributed by atoms with Crippen LogP contribution >= 0.6 is 22.9 Å². The third-order valence-electron chi connectivity index (χ3n) is 3.69. The fraction of sp³-hybridized carbons (Fsp3) is 0.375. The van der Waals surface area contributed by atoms with Crippen molar-refractivity contribution in [2.45, 2.75) is 25.5 Å². The van der Waals surface area contributed by atoms with Crippen LogP contribution in [0.25, 0.3) is 0 Å². The smallest absolute Gasteiger partial charge is 0.317 e. The average Bonchev–Trinajstić information content (AvgIpc) is 3.08. The zero-order valence-electron chi connectivity index (χ0n) is 12.6. The number of ether oxygens (including phenoxy) is 1. The third-order valence-corrected chi connectivity index (χ3v) is 4.85. The first-order valence-electron chi connectivity index (χ1n) is 7.53. The Kier molecular flexibility index (Phi) is 5.35. The van der Waals surface area contributed by atoms with E-state index in [9.17, 15) is 4.79 Å². The van der Waals surface area contributed by atoms with E-state index in [0.717, 1.165) is 24.3 Å². The monoisotopic (exact) mass is 351 g/mol. The number of urea groups is 1. The van der Waals surface area contributed by atoms with Gasteiger partial charge in [-0.3, -0.25) is 4.98 Å². The molecule has 0 bridgehead atoms. The van der Waals surface area contributed by atoms with Gasteiger partial charge in [-0.05, 0) is 24.3 Å². The fourth-order valence-corrected chi connectivity index (χ4v) is 3.35. The summed E-state index contributed by atoms with van der Waals surface area (Å²) in [6.07, 6.45) is 4.99. The lowest BCUT2D eigenvalue weighted by Crippen LogP contribution is -2.48. The Morgan fingerprint density at radius 2 is 2.43 bits per heavy atom. The van der Waals surface area contributed by atoms with E-state index in [4.69, 9.17) is 16.3 Å². The van der Waals surface area contributed by atoms with Gasteiger partial charge in [-0.25, -0.2) is 4.79 Å². The van der Waals surface area contributed by atoms with E-state index in [0.29, 0.717) is 23.9 Å². The molecule has 122 valence electrons. The fourth-order valence-electron chi connectivity index (χ4n) is 2.54. The van der Waals surface area contributed by atoms with Gasteiger partial charge in [0.2, 0.25) is 0 Å². The zero-order chi connectivity index (χ0) is 16.1. The van der Waals surface area contributed by atoms with E-state index in [-0.39, 0.29) is 12.1 Å². The van der Waals surface area contributed by atoms with Crippen molar-refractivity contribution in [3.05, 3.63) is 45.9 Å². The lowest BCUT2D eigenvalue weighted by Gasteiger charge is -2.33. The van der Waals surface area contributed by atoms with E-state index >= 15 is 0 Å². The van der Waals surface area contributed by atoms with Gasteiger partial charge in [0.1, 0.15) is 16.9 Å². The third kappa shape index (κ3) is 4.36. The summed E-state index contributed by atoms with van der Waals surface area (Å²) >= 11 is 7.71. The number of pyridine rings is 1. The van der Waals surface area contributed by atoms with Crippen molar-refractivity contribution in [3.8, 4) is 5.75 Å². The summed E-state index contributed by atoms with van der Waals surface area (Å²) in [6.45, 7) is 1.88. The first kappa shape index (κ1) is 16.1. The maximum Gasteiger partial charge on any atom is 0.317 e. The molecule has 0 radical (unpaired) electrons. The molecular formula is C16H18ClN3O2S. The number of rotatable bonds is 4. The van der Waals surface area contributed by atoms with Crippen molar-refractivity contribution in [1.82, 2.24) is 15.2 Å². The lowest BCUT2D eigenvalue weighted by atomic mass is 10.1. The second kappa shape index (κ2) is 7.66. The summed E-state index contributed by atoms with van der Waals surface area (Å²) in [5.74, 6) is 0.618. The Balaban J connectivity index is 1.53. The molecule has 0 spiro atoms. The zero-order valence-corrected chi connectivity index (χ0v) is 14.1. The first-order valence-corrected chi connectivity index (χ1v) is 8.79. The van der Waals surface area contributed by atoms with E-state index < -0.39 is 0 Å². The van der Waals surface area contributed by atoms with Crippen LogP contribution < -0.4 is 10.1 Å². The molecule has 2 aromatic heterocycles. The van der Waals surface area contributed by atoms with Crippen molar-refractivity contribution in [2.75, 3.05) is 13.1 Å². The van der Waals surface area contributed by atoms with E-state index in [2.05, 4.69) is 10.3 Å². The van der Waals surface area contributed by atoms with Gasteiger partial charge in [0.05, 0.1) is 13.1 Å². The Hall–Kier alpha value is -1.79. The van der Waals surface area contributed by atoms with E-state index in [1.165, 1.54) is 0 Å². The first-order chi connectivity index (χ1) is 11.2. The Bertz CT molecular complexity index is 651. The number of likely N-dealkylation sites (tertiary alicyclic amines) is 1. The molecule has 2 amide bonds. The minimum Gasteiger partial charge on any atom is -0.487 e. The Morgan fingerprint density at radius 3 is 3.22 bits per heavy atom. The summed E-state index contributed by atoms with van der Waals surface area (Å²) in [5.41, 5.74) is 0. The summed E-state index contributed by atoms with van der Waals surface area (Å²) in [6, 6.07) is 5.69. The molecule has 1 fully saturated rings. The lowest BCUT2D eigenvalue weighted by molar-refractivity contribution is 0.101. The molecule has 2 aromatic rings. The van der Waals surface area contributed by atoms with Gasteiger partial charge >= 0.3 is 6.03 Å². The van der Waals surface area contributed by atoms with Crippen LogP contribution in [0, 0.1) is 0 Å². The van der Waals surface area contributed by atoms with Crippen LogP contribution in [0.15, 0.2) is 36.0 Å². The molecular weight excluding hydrogens is 334 g/mol. The highest BCUT2D eigenvalue weighted by atomic mass is 35.5. The molecule has 1 aliphatic rings. The van der Waals surface area contributed by atoms with Gasteiger partial charge in [0.25, 0.3) is 0 Å². The minimum atomic E-state index is -0.0486. The van der Waals surface area contributed by atoms with Crippen LogP contribution in [-0.4, -0.2) is 35.1 Å². The molecule has 1 aliphatic heterocycles. The van der Waals surface area contributed by atoms with E-state index in [1.54, 1.807) is 34.7 Å². The number of piperidine rings is 1. The average molecular weight is 352 g/mol. The highest BCUT2D eigenvalue weighted by Crippen LogP contribution is 2.25. The normalized spacial score (nSPS) is 17.8. The molecule has 23 heavy (non-hydrogen) atoms. The van der Waals surface area contributed by atoms with Crippen LogP contribution in [-0.2, 0) is 6.54 Å². The molecule has 1 atom stereocenters. The van der Waals surface area contributed by atoms with Crippen molar-refractivity contribution in [2.24, 2.45) is 0 Å². The summed E-state index contributed by atoms with van der Waals surface area (Å²) in [4.78, 5) is 19.2. The van der Waals surface area contributed by atoms with Crippen molar-refractivity contribution in [3.63, 3.8) is 0 Å². The van der Waals surface area contributed by atoms with E-state index in [1.807, 2.05) is 17.5 Å². The molecule has 0 aromatic carbocycles. The largest absolute Gasteiger partial charge is 0.487 e. The molecule has 1 N–H and O–H groups in total. The Labute approximate surface area is 144 Å². The van der Waals surface area contributed by atoms with Crippen LogP contribution in [0.4, 0.5) is 4.79 Å². The molecule has 1 unspecified atom stereocenters. The number of amides is 2. The number of hydrogen-bond acceptors (Lipinski definition) is 4. The SMILES string of the molecule is O=C(NCc1cccs1)N1CCCC(Oc2ccncc2Cl)C1. The molecule has 5 nitrogen and oxygen atoms in total. The second-order valence-corrected chi connectivity index (χ2v) is 6.81. The number of carbonyl (C=O) groups is 1. The summed E-state index contributed by atoms with van der Waals surface area (Å²) in [5, 5.41) is 5.45. The number of nitrogens with one attached hydrogen (secondary N) is 1. The quantitative estimate of drug-likeness (QED) is 0.916. The number of hydrogen-bond donors (Lipinski definition) is 1. The molecule has 1 saturated heterocycles. The number of halogens is 1. The second-order valence-electron chi connectivity index (χ2n) is 5.37. The predicted molar refractivity (Wildman–Crippen MR) is 91.0 cm³/mol. The molecule has 7 heteroatoms. The van der Waals surface area contributed by atoms with Gasteiger partial charge in [-0.2, -0.15) is 0 Å². The number of aromatic nitrogens is 1. The van der Waals surface area contributed by atoms with Gasteiger partial charge in [-0.1, -0.05) is 17.7 Å². The number of carbonyl (C=O) groups excluding carboxylic acids is 1. The van der Waals surface area contributed by atoms with Gasteiger partial charge in [0, 0.05) is 29.9 Å². The molecule has 0 saturated carbocycles. The highest BCUT2D eigenvalue weighted by molar-refractivity contribution is 7.09. The van der Waals surface area contributed by atoms with Crippen molar-refractivity contribution < 1.29 is 9.53 Å². The predicted octanol–water partition coefficient (Wildman–Crippen LogP) is 3.55. The van der Waals surface area contributed by atoms with Crippen LogP contribution in [0.5, 0.6) is 5.75 Å². The number of thiophene rings is 1. The van der Waals surface area contributed by atoms with Crippen molar-refractivity contribution in [1.29, 1.82) is 0 Å². The van der Waals surface area contributed by atoms with Gasteiger partial charge in [-0.15, -0.1) is 11.3 Å². The van der Waals surface area contributed by atoms with Crippen LogP contribution in [0.3, 0.4) is 0 Å². The Morgan fingerprint density at radius 1 is 1.52 bits per heavy atom.